The molecular formula is C18H21NO2. The van der Waals surface area contributed by atoms with E-state index in [1.54, 1.807) is 6.92 Å². The summed E-state index contributed by atoms with van der Waals surface area (Å²) in [5, 5.41) is 2.86. The zero-order valence-electron chi connectivity index (χ0n) is 12.7. The molecule has 1 N–H and O–H groups in total. The van der Waals surface area contributed by atoms with Crippen LogP contribution in [0.5, 0.6) is 5.75 Å². The van der Waals surface area contributed by atoms with E-state index in [4.69, 9.17) is 4.74 Å². The summed E-state index contributed by atoms with van der Waals surface area (Å²) >= 11 is 0. The van der Waals surface area contributed by atoms with Gasteiger partial charge in [0, 0.05) is 5.69 Å². The molecular weight excluding hydrogens is 262 g/mol. The van der Waals surface area contributed by atoms with Gasteiger partial charge >= 0.3 is 0 Å². The molecule has 0 bridgehead atoms. The molecule has 1 atom stereocenters. The summed E-state index contributed by atoms with van der Waals surface area (Å²) < 4.78 is 5.67. The molecule has 21 heavy (non-hydrogen) atoms. The standard InChI is InChI=1S/C18H21NO2/c1-4-15-8-10-17(11-9-15)21-14(3)18(20)19-16-7-5-6-13(2)12-16/h5-12,14H,4H2,1-3H3,(H,19,20)/t14-/m0/s1. The predicted molar refractivity (Wildman–Crippen MR) is 85.7 cm³/mol. The van der Waals surface area contributed by atoms with Gasteiger partial charge in [-0.25, -0.2) is 0 Å². The molecule has 2 aromatic carbocycles. The van der Waals surface area contributed by atoms with Crippen LogP contribution in [0.2, 0.25) is 0 Å². The summed E-state index contributed by atoms with van der Waals surface area (Å²) in [7, 11) is 0. The SMILES string of the molecule is CCc1ccc(O[C@@H](C)C(=O)Nc2cccc(C)c2)cc1. The number of rotatable bonds is 5. The lowest BCUT2D eigenvalue weighted by Crippen LogP contribution is -2.30. The summed E-state index contributed by atoms with van der Waals surface area (Å²) in [4.78, 5) is 12.1. The normalized spacial score (nSPS) is 11.8. The van der Waals surface area contributed by atoms with Crippen molar-refractivity contribution in [3.8, 4) is 5.75 Å². The molecule has 3 nitrogen and oxygen atoms in total. The second kappa shape index (κ2) is 6.93. The van der Waals surface area contributed by atoms with Crippen LogP contribution >= 0.6 is 0 Å². The van der Waals surface area contributed by atoms with Crippen LogP contribution in [0.4, 0.5) is 5.69 Å². The third-order valence-electron chi connectivity index (χ3n) is 3.30. The zero-order valence-corrected chi connectivity index (χ0v) is 12.7. The lowest BCUT2D eigenvalue weighted by molar-refractivity contribution is -0.122. The fraction of sp³-hybridized carbons (Fsp3) is 0.278. The molecule has 0 radical (unpaired) electrons. The van der Waals surface area contributed by atoms with Crippen LogP contribution in [0.3, 0.4) is 0 Å². The molecule has 2 aromatic rings. The number of benzene rings is 2. The fourth-order valence-electron chi connectivity index (χ4n) is 2.03. The van der Waals surface area contributed by atoms with Crippen LogP contribution in [0.25, 0.3) is 0 Å². The second-order valence-electron chi connectivity index (χ2n) is 5.12. The first kappa shape index (κ1) is 15.1. The van der Waals surface area contributed by atoms with E-state index in [9.17, 15) is 4.79 Å². The van der Waals surface area contributed by atoms with Crippen LogP contribution in [0.15, 0.2) is 48.5 Å². The number of ether oxygens (including phenoxy) is 1. The van der Waals surface area contributed by atoms with Crippen molar-refractivity contribution in [2.24, 2.45) is 0 Å². The summed E-state index contributed by atoms with van der Waals surface area (Å²) in [6, 6.07) is 15.5. The number of hydrogen-bond acceptors (Lipinski definition) is 2. The Bertz CT molecular complexity index is 605. The summed E-state index contributed by atoms with van der Waals surface area (Å²) in [6.07, 6.45) is 0.446. The Kier molecular flexibility index (Phi) is 4.99. The van der Waals surface area contributed by atoms with Crippen molar-refractivity contribution >= 4 is 11.6 Å². The van der Waals surface area contributed by atoms with Crippen LogP contribution in [-0.4, -0.2) is 12.0 Å². The topological polar surface area (TPSA) is 38.3 Å². The number of nitrogens with one attached hydrogen (secondary N) is 1. The summed E-state index contributed by atoms with van der Waals surface area (Å²) in [6.45, 7) is 5.84. The Morgan fingerprint density at radius 1 is 1.19 bits per heavy atom. The van der Waals surface area contributed by atoms with Gasteiger partial charge in [-0.15, -0.1) is 0 Å². The van der Waals surface area contributed by atoms with Crippen molar-refractivity contribution in [1.29, 1.82) is 0 Å². The van der Waals surface area contributed by atoms with E-state index in [2.05, 4.69) is 12.2 Å². The largest absolute Gasteiger partial charge is 0.481 e. The van der Waals surface area contributed by atoms with Gasteiger partial charge in [-0.2, -0.15) is 0 Å². The molecule has 0 aliphatic rings. The lowest BCUT2D eigenvalue weighted by atomic mass is 10.2. The average molecular weight is 283 g/mol. The monoisotopic (exact) mass is 283 g/mol. The highest BCUT2D eigenvalue weighted by Gasteiger charge is 2.14. The van der Waals surface area contributed by atoms with E-state index < -0.39 is 6.10 Å². The van der Waals surface area contributed by atoms with Crippen molar-refractivity contribution in [2.75, 3.05) is 5.32 Å². The van der Waals surface area contributed by atoms with Crippen molar-refractivity contribution in [3.63, 3.8) is 0 Å². The molecule has 0 spiro atoms. The third-order valence-corrected chi connectivity index (χ3v) is 3.30. The summed E-state index contributed by atoms with van der Waals surface area (Å²) in [5.41, 5.74) is 3.15. The van der Waals surface area contributed by atoms with Crippen molar-refractivity contribution in [3.05, 3.63) is 59.7 Å². The molecule has 0 fully saturated rings. The number of carbonyl (C=O) groups is 1. The van der Waals surface area contributed by atoms with E-state index in [0.717, 1.165) is 17.7 Å². The molecule has 110 valence electrons. The van der Waals surface area contributed by atoms with Gasteiger partial charge in [-0.1, -0.05) is 31.2 Å². The Labute approximate surface area is 126 Å². The van der Waals surface area contributed by atoms with E-state index in [1.807, 2.05) is 55.5 Å². The minimum atomic E-state index is -0.544. The Hall–Kier alpha value is -2.29. The van der Waals surface area contributed by atoms with Crippen molar-refractivity contribution < 1.29 is 9.53 Å². The fourth-order valence-corrected chi connectivity index (χ4v) is 2.03. The van der Waals surface area contributed by atoms with Crippen LogP contribution in [0, 0.1) is 6.92 Å². The van der Waals surface area contributed by atoms with E-state index >= 15 is 0 Å². The molecule has 0 saturated carbocycles. The maximum Gasteiger partial charge on any atom is 0.265 e. The Morgan fingerprint density at radius 3 is 2.52 bits per heavy atom. The lowest BCUT2D eigenvalue weighted by Gasteiger charge is -2.15. The first-order chi connectivity index (χ1) is 10.1. The third kappa shape index (κ3) is 4.35. The molecule has 0 unspecified atom stereocenters. The first-order valence-corrected chi connectivity index (χ1v) is 7.21. The number of carbonyl (C=O) groups excluding carboxylic acids is 1. The smallest absolute Gasteiger partial charge is 0.265 e. The highest BCUT2D eigenvalue weighted by molar-refractivity contribution is 5.94. The minimum absolute atomic E-state index is 0.153. The van der Waals surface area contributed by atoms with Crippen LogP contribution < -0.4 is 10.1 Å². The molecule has 0 aliphatic heterocycles. The minimum Gasteiger partial charge on any atom is -0.481 e. The predicted octanol–water partition coefficient (Wildman–Crippen LogP) is 3.96. The Balaban J connectivity index is 1.95. The highest BCUT2D eigenvalue weighted by Crippen LogP contribution is 2.15. The molecule has 0 aliphatic carbocycles. The van der Waals surface area contributed by atoms with Gasteiger partial charge in [0.2, 0.25) is 0 Å². The van der Waals surface area contributed by atoms with Gasteiger partial charge < -0.3 is 10.1 Å². The van der Waals surface area contributed by atoms with Gasteiger partial charge in [0.25, 0.3) is 5.91 Å². The average Bonchev–Trinajstić information content (AvgIpc) is 2.48. The van der Waals surface area contributed by atoms with Crippen molar-refractivity contribution in [1.82, 2.24) is 0 Å². The number of aryl methyl sites for hydroxylation is 2. The van der Waals surface area contributed by atoms with E-state index in [0.29, 0.717) is 5.75 Å². The van der Waals surface area contributed by atoms with Crippen LogP contribution in [0.1, 0.15) is 25.0 Å². The van der Waals surface area contributed by atoms with E-state index in [1.165, 1.54) is 5.56 Å². The first-order valence-electron chi connectivity index (χ1n) is 7.21. The number of hydrogen-bond donors (Lipinski definition) is 1. The molecule has 1 amide bonds. The van der Waals surface area contributed by atoms with Crippen LogP contribution in [-0.2, 0) is 11.2 Å². The number of anilines is 1. The molecule has 3 heteroatoms. The van der Waals surface area contributed by atoms with E-state index in [-0.39, 0.29) is 5.91 Å². The molecule has 0 saturated heterocycles. The molecule has 0 aromatic heterocycles. The van der Waals surface area contributed by atoms with Gasteiger partial charge in [-0.05, 0) is 55.7 Å². The maximum absolute atomic E-state index is 12.1. The number of amides is 1. The quantitative estimate of drug-likeness (QED) is 0.902. The second-order valence-corrected chi connectivity index (χ2v) is 5.12. The maximum atomic E-state index is 12.1. The van der Waals surface area contributed by atoms with Gasteiger partial charge in [-0.3, -0.25) is 4.79 Å². The van der Waals surface area contributed by atoms with Crippen molar-refractivity contribution in [2.45, 2.75) is 33.3 Å². The van der Waals surface area contributed by atoms with Gasteiger partial charge in [0.05, 0.1) is 0 Å². The van der Waals surface area contributed by atoms with Gasteiger partial charge in [0.1, 0.15) is 5.75 Å². The molecule has 2 rings (SSSR count). The zero-order chi connectivity index (χ0) is 15.2. The Morgan fingerprint density at radius 2 is 1.90 bits per heavy atom. The summed E-state index contributed by atoms with van der Waals surface area (Å²) in [5.74, 6) is 0.555. The highest BCUT2D eigenvalue weighted by atomic mass is 16.5. The molecule has 0 heterocycles. The van der Waals surface area contributed by atoms with Gasteiger partial charge in [0.15, 0.2) is 6.10 Å².